The summed E-state index contributed by atoms with van der Waals surface area (Å²) in [6.07, 6.45) is 1.47. The number of thiophene rings is 1. The quantitative estimate of drug-likeness (QED) is 0.421. The Bertz CT molecular complexity index is 804. The van der Waals surface area contributed by atoms with Gasteiger partial charge in [0.1, 0.15) is 0 Å². The standard InChI is InChI=1S/C22H31N5O2S/c1-23-22(24-9-7-20-6-3-15-30-20)25-17-18-4-2-5-19(16-18)26-21(28)8-10-27-11-13-29-14-12-27/h2-6,15-16H,7-14,17H2,1H3,(H,26,28)(H2,23,24,25). The molecule has 1 aliphatic heterocycles. The van der Waals surface area contributed by atoms with E-state index < -0.39 is 0 Å². The van der Waals surface area contributed by atoms with E-state index >= 15 is 0 Å². The lowest BCUT2D eigenvalue weighted by Gasteiger charge is -2.26. The molecular formula is C22H31N5O2S. The number of hydrogen-bond acceptors (Lipinski definition) is 5. The van der Waals surface area contributed by atoms with Crippen molar-refractivity contribution in [3.05, 3.63) is 52.2 Å². The van der Waals surface area contributed by atoms with Crippen LogP contribution in [0.15, 0.2) is 46.8 Å². The molecule has 2 aromatic rings. The topological polar surface area (TPSA) is 78.0 Å². The number of anilines is 1. The first-order valence-electron chi connectivity index (χ1n) is 10.4. The third kappa shape index (κ3) is 7.78. The zero-order valence-corrected chi connectivity index (χ0v) is 18.3. The van der Waals surface area contributed by atoms with Gasteiger partial charge in [-0.25, -0.2) is 0 Å². The lowest BCUT2D eigenvalue weighted by Crippen LogP contribution is -2.38. The van der Waals surface area contributed by atoms with Crippen LogP contribution in [0.3, 0.4) is 0 Å². The average Bonchev–Trinajstić information content (AvgIpc) is 3.29. The zero-order chi connectivity index (χ0) is 21.0. The second kappa shape index (κ2) is 12.3. The van der Waals surface area contributed by atoms with Crippen molar-refractivity contribution < 1.29 is 9.53 Å². The maximum absolute atomic E-state index is 12.3. The van der Waals surface area contributed by atoms with Gasteiger partial charge in [-0.1, -0.05) is 18.2 Å². The molecule has 2 heterocycles. The van der Waals surface area contributed by atoms with E-state index in [1.54, 1.807) is 18.4 Å². The maximum atomic E-state index is 12.3. The molecule has 0 aliphatic carbocycles. The summed E-state index contributed by atoms with van der Waals surface area (Å²) in [5.74, 6) is 0.809. The van der Waals surface area contributed by atoms with Gasteiger partial charge in [-0.15, -0.1) is 11.3 Å². The number of benzene rings is 1. The van der Waals surface area contributed by atoms with E-state index in [9.17, 15) is 4.79 Å². The Kier molecular flexibility index (Phi) is 9.14. The molecule has 30 heavy (non-hydrogen) atoms. The first kappa shape index (κ1) is 22.3. The molecule has 1 aromatic carbocycles. The second-order valence-corrected chi connectivity index (χ2v) is 8.17. The van der Waals surface area contributed by atoms with Gasteiger partial charge in [-0.05, 0) is 35.6 Å². The number of aliphatic imine (C=N–C) groups is 1. The first-order valence-corrected chi connectivity index (χ1v) is 11.3. The van der Waals surface area contributed by atoms with Crippen LogP contribution in [-0.2, 0) is 22.5 Å². The van der Waals surface area contributed by atoms with Crippen LogP contribution in [0.4, 0.5) is 5.69 Å². The van der Waals surface area contributed by atoms with Crippen LogP contribution in [0.25, 0.3) is 0 Å². The Morgan fingerprint density at radius 3 is 2.83 bits per heavy atom. The minimum atomic E-state index is 0.0395. The van der Waals surface area contributed by atoms with E-state index in [4.69, 9.17) is 4.74 Å². The van der Waals surface area contributed by atoms with Crippen molar-refractivity contribution >= 4 is 28.9 Å². The summed E-state index contributed by atoms with van der Waals surface area (Å²) in [4.78, 5) is 20.2. The Hall–Kier alpha value is -2.42. The lowest BCUT2D eigenvalue weighted by molar-refractivity contribution is -0.116. The molecule has 1 aromatic heterocycles. The van der Waals surface area contributed by atoms with Gasteiger partial charge in [-0.2, -0.15) is 0 Å². The van der Waals surface area contributed by atoms with Crippen LogP contribution < -0.4 is 16.0 Å². The molecule has 1 amide bonds. The number of nitrogens with zero attached hydrogens (tertiary/aromatic N) is 2. The molecule has 7 nitrogen and oxygen atoms in total. The molecule has 1 fully saturated rings. The van der Waals surface area contributed by atoms with Crippen molar-refractivity contribution in [2.45, 2.75) is 19.4 Å². The summed E-state index contributed by atoms with van der Waals surface area (Å²) >= 11 is 1.77. The molecule has 0 saturated carbocycles. The van der Waals surface area contributed by atoms with Gasteiger partial charge in [-0.3, -0.25) is 14.7 Å². The summed E-state index contributed by atoms with van der Waals surface area (Å²) in [5.41, 5.74) is 1.91. The summed E-state index contributed by atoms with van der Waals surface area (Å²) in [6, 6.07) is 12.1. The number of amides is 1. The van der Waals surface area contributed by atoms with Gasteiger partial charge in [0.05, 0.1) is 13.2 Å². The first-order chi connectivity index (χ1) is 14.7. The third-order valence-electron chi connectivity index (χ3n) is 4.90. The van der Waals surface area contributed by atoms with Crippen molar-refractivity contribution in [3.8, 4) is 0 Å². The molecule has 1 saturated heterocycles. The molecular weight excluding hydrogens is 398 g/mol. The number of carbonyl (C=O) groups excluding carboxylic acids is 1. The Labute approximate surface area is 182 Å². The van der Waals surface area contributed by atoms with Crippen LogP contribution in [0, 0.1) is 0 Å². The fourth-order valence-corrected chi connectivity index (χ4v) is 3.94. The SMILES string of the molecule is CN=C(NCCc1cccs1)NCc1cccc(NC(=O)CCN2CCOCC2)c1. The highest BCUT2D eigenvalue weighted by Gasteiger charge is 2.12. The third-order valence-corrected chi connectivity index (χ3v) is 5.83. The minimum absolute atomic E-state index is 0.0395. The van der Waals surface area contributed by atoms with Crippen LogP contribution in [0.1, 0.15) is 16.9 Å². The van der Waals surface area contributed by atoms with E-state index in [0.29, 0.717) is 13.0 Å². The van der Waals surface area contributed by atoms with Crippen molar-refractivity contribution in [1.82, 2.24) is 15.5 Å². The van der Waals surface area contributed by atoms with E-state index in [-0.39, 0.29) is 5.91 Å². The summed E-state index contributed by atoms with van der Waals surface area (Å²) < 4.78 is 5.34. The molecule has 3 N–H and O–H groups in total. The van der Waals surface area contributed by atoms with Crippen molar-refractivity contribution in [3.63, 3.8) is 0 Å². The van der Waals surface area contributed by atoms with Gasteiger partial charge < -0.3 is 20.7 Å². The normalized spacial score (nSPS) is 15.0. The fraction of sp³-hybridized carbons (Fsp3) is 0.455. The van der Waals surface area contributed by atoms with Gasteiger partial charge in [0.15, 0.2) is 5.96 Å². The number of carbonyl (C=O) groups is 1. The van der Waals surface area contributed by atoms with Crippen LogP contribution in [-0.4, -0.2) is 63.2 Å². The Morgan fingerprint density at radius 1 is 1.20 bits per heavy atom. The Balaban J connectivity index is 1.39. The predicted molar refractivity (Wildman–Crippen MR) is 123 cm³/mol. The maximum Gasteiger partial charge on any atom is 0.225 e. The fourth-order valence-electron chi connectivity index (χ4n) is 3.23. The molecule has 0 spiro atoms. The van der Waals surface area contributed by atoms with Crippen LogP contribution in [0.5, 0.6) is 0 Å². The van der Waals surface area contributed by atoms with E-state index in [1.807, 2.05) is 24.3 Å². The molecule has 0 bridgehead atoms. The number of rotatable bonds is 9. The van der Waals surface area contributed by atoms with Crippen molar-refractivity contribution in [1.29, 1.82) is 0 Å². The monoisotopic (exact) mass is 429 g/mol. The summed E-state index contributed by atoms with van der Waals surface area (Å²) in [6.45, 7) is 5.54. The summed E-state index contributed by atoms with van der Waals surface area (Å²) in [5, 5.41) is 11.8. The van der Waals surface area contributed by atoms with E-state index in [1.165, 1.54) is 4.88 Å². The minimum Gasteiger partial charge on any atom is -0.379 e. The van der Waals surface area contributed by atoms with Gasteiger partial charge >= 0.3 is 0 Å². The van der Waals surface area contributed by atoms with Crippen LogP contribution >= 0.6 is 11.3 Å². The Morgan fingerprint density at radius 2 is 2.07 bits per heavy atom. The van der Waals surface area contributed by atoms with Crippen LogP contribution in [0.2, 0.25) is 0 Å². The number of guanidine groups is 1. The van der Waals surface area contributed by atoms with Gasteiger partial charge in [0.25, 0.3) is 0 Å². The highest BCUT2D eigenvalue weighted by Crippen LogP contribution is 2.11. The number of nitrogens with one attached hydrogen (secondary N) is 3. The van der Waals surface area contributed by atoms with E-state index in [2.05, 4.69) is 43.4 Å². The zero-order valence-electron chi connectivity index (χ0n) is 17.5. The van der Waals surface area contributed by atoms with Crippen molar-refractivity contribution in [2.24, 2.45) is 4.99 Å². The molecule has 0 atom stereocenters. The molecule has 8 heteroatoms. The number of hydrogen-bond donors (Lipinski definition) is 3. The van der Waals surface area contributed by atoms with Gasteiger partial charge in [0.2, 0.25) is 5.91 Å². The van der Waals surface area contributed by atoms with E-state index in [0.717, 1.165) is 63.0 Å². The highest BCUT2D eigenvalue weighted by molar-refractivity contribution is 7.09. The van der Waals surface area contributed by atoms with Crippen molar-refractivity contribution in [2.75, 3.05) is 51.8 Å². The smallest absolute Gasteiger partial charge is 0.225 e. The average molecular weight is 430 g/mol. The number of ether oxygens (including phenoxy) is 1. The molecule has 162 valence electrons. The second-order valence-electron chi connectivity index (χ2n) is 7.13. The largest absolute Gasteiger partial charge is 0.379 e. The molecule has 0 unspecified atom stereocenters. The molecule has 0 radical (unpaired) electrons. The predicted octanol–water partition coefficient (Wildman–Crippen LogP) is 2.32. The number of morpholine rings is 1. The van der Waals surface area contributed by atoms with Gasteiger partial charge in [0, 0.05) is 56.8 Å². The lowest BCUT2D eigenvalue weighted by atomic mass is 10.2. The molecule has 3 rings (SSSR count). The molecule has 1 aliphatic rings. The highest BCUT2D eigenvalue weighted by atomic mass is 32.1. The summed E-state index contributed by atoms with van der Waals surface area (Å²) in [7, 11) is 1.77.